The van der Waals surface area contributed by atoms with Crippen molar-refractivity contribution in [3.63, 3.8) is 0 Å². The molecular weight excluding hydrogens is 262 g/mol. The van der Waals surface area contributed by atoms with Gasteiger partial charge < -0.3 is 5.32 Å². The van der Waals surface area contributed by atoms with Crippen molar-refractivity contribution < 1.29 is 0 Å². The van der Waals surface area contributed by atoms with Crippen LogP contribution in [0.25, 0.3) is 0 Å². The molecule has 0 amide bonds. The van der Waals surface area contributed by atoms with Crippen molar-refractivity contribution in [2.75, 3.05) is 12.3 Å². The molecule has 0 bridgehead atoms. The first-order valence-corrected chi connectivity index (χ1v) is 8.10. The predicted molar refractivity (Wildman–Crippen MR) is 89.5 cm³/mol. The van der Waals surface area contributed by atoms with Gasteiger partial charge in [-0.15, -0.1) is 11.8 Å². The first-order valence-electron chi connectivity index (χ1n) is 7.12. The highest BCUT2D eigenvalue weighted by molar-refractivity contribution is 7.99. The molecule has 0 heterocycles. The van der Waals surface area contributed by atoms with Crippen molar-refractivity contribution >= 4 is 11.8 Å². The van der Waals surface area contributed by atoms with Gasteiger partial charge in [0.2, 0.25) is 0 Å². The Bertz CT molecular complexity index is 549. The Kier molecular flexibility index (Phi) is 5.69. The van der Waals surface area contributed by atoms with E-state index in [0.717, 1.165) is 18.8 Å². The summed E-state index contributed by atoms with van der Waals surface area (Å²) in [7, 11) is 0. The number of rotatable bonds is 6. The molecule has 0 saturated carbocycles. The highest BCUT2D eigenvalue weighted by Gasteiger charge is 2.01. The van der Waals surface area contributed by atoms with Gasteiger partial charge in [0.15, 0.2) is 0 Å². The van der Waals surface area contributed by atoms with Crippen molar-refractivity contribution in [3.05, 3.63) is 64.7 Å². The Morgan fingerprint density at radius 3 is 2.35 bits per heavy atom. The molecule has 2 heteroatoms. The molecule has 2 aromatic rings. The summed E-state index contributed by atoms with van der Waals surface area (Å²) in [6, 6.07) is 15.2. The van der Waals surface area contributed by atoms with Gasteiger partial charge in [0, 0.05) is 23.7 Å². The Morgan fingerprint density at radius 1 is 0.900 bits per heavy atom. The third kappa shape index (κ3) is 4.39. The van der Waals surface area contributed by atoms with E-state index in [0.29, 0.717) is 0 Å². The summed E-state index contributed by atoms with van der Waals surface area (Å²) in [5.41, 5.74) is 5.56. The number of aryl methyl sites for hydroxylation is 3. The summed E-state index contributed by atoms with van der Waals surface area (Å²) in [6.45, 7) is 8.55. The van der Waals surface area contributed by atoms with E-state index in [2.05, 4.69) is 68.6 Å². The molecule has 0 unspecified atom stereocenters. The van der Waals surface area contributed by atoms with Crippen molar-refractivity contribution in [3.8, 4) is 0 Å². The maximum Gasteiger partial charge on any atom is 0.0208 e. The van der Waals surface area contributed by atoms with Gasteiger partial charge in [-0.1, -0.05) is 30.3 Å². The molecule has 1 nitrogen and oxygen atoms in total. The van der Waals surface area contributed by atoms with Gasteiger partial charge in [-0.2, -0.15) is 0 Å². The van der Waals surface area contributed by atoms with Crippen LogP contribution in [0, 0.1) is 20.8 Å². The van der Waals surface area contributed by atoms with Crippen LogP contribution < -0.4 is 5.32 Å². The lowest BCUT2D eigenvalue weighted by atomic mass is 10.0. The Hall–Kier alpha value is -1.25. The molecule has 106 valence electrons. The summed E-state index contributed by atoms with van der Waals surface area (Å²) in [6.07, 6.45) is 0. The fraction of sp³-hybridized carbons (Fsp3) is 0.333. The third-order valence-corrected chi connectivity index (χ3v) is 4.57. The molecule has 0 aliphatic heterocycles. The van der Waals surface area contributed by atoms with E-state index in [1.807, 2.05) is 11.8 Å². The zero-order valence-electron chi connectivity index (χ0n) is 12.6. The zero-order chi connectivity index (χ0) is 14.4. The SMILES string of the molecule is Cc1cc(C)c(CNCCSc2ccccc2)cc1C. The van der Waals surface area contributed by atoms with Gasteiger partial charge in [0.1, 0.15) is 0 Å². The van der Waals surface area contributed by atoms with Gasteiger partial charge in [-0.05, 0) is 55.2 Å². The summed E-state index contributed by atoms with van der Waals surface area (Å²) in [5.74, 6) is 1.11. The summed E-state index contributed by atoms with van der Waals surface area (Å²) in [5, 5.41) is 3.54. The van der Waals surface area contributed by atoms with E-state index >= 15 is 0 Å². The van der Waals surface area contributed by atoms with E-state index in [4.69, 9.17) is 0 Å². The summed E-state index contributed by atoms with van der Waals surface area (Å²) < 4.78 is 0. The van der Waals surface area contributed by atoms with Crippen LogP contribution in [0.5, 0.6) is 0 Å². The van der Waals surface area contributed by atoms with Crippen LogP contribution in [0.2, 0.25) is 0 Å². The average molecular weight is 285 g/mol. The van der Waals surface area contributed by atoms with Crippen LogP contribution in [0.3, 0.4) is 0 Å². The van der Waals surface area contributed by atoms with Gasteiger partial charge >= 0.3 is 0 Å². The zero-order valence-corrected chi connectivity index (χ0v) is 13.4. The van der Waals surface area contributed by atoms with Gasteiger partial charge in [-0.25, -0.2) is 0 Å². The van der Waals surface area contributed by atoms with Crippen molar-refractivity contribution in [2.24, 2.45) is 0 Å². The van der Waals surface area contributed by atoms with Gasteiger partial charge in [-0.3, -0.25) is 0 Å². The van der Waals surface area contributed by atoms with E-state index in [9.17, 15) is 0 Å². The second-order valence-electron chi connectivity index (χ2n) is 5.20. The molecule has 0 aromatic heterocycles. The summed E-state index contributed by atoms with van der Waals surface area (Å²) in [4.78, 5) is 1.34. The molecule has 0 radical (unpaired) electrons. The minimum absolute atomic E-state index is 0.961. The molecule has 2 rings (SSSR count). The fourth-order valence-corrected chi connectivity index (χ4v) is 3.02. The van der Waals surface area contributed by atoms with Crippen LogP contribution >= 0.6 is 11.8 Å². The number of benzene rings is 2. The van der Waals surface area contributed by atoms with Crippen molar-refractivity contribution in [1.29, 1.82) is 0 Å². The Morgan fingerprint density at radius 2 is 1.60 bits per heavy atom. The van der Waals surface area contributed by atoms with E-state index in [-0.39, 0.29) is 0 Å². The fourth-order valence-electron chi connectivity index (χ4n) is 2.19. The highest BCUT2D eigenvalue weighted by atomic mass is 32.2. The van der Waals surface area contributed by atoms with Crippen LogP contribution in [0.4, 0.5) is 0 Å². The molecule has 0 aliphatic carbocycles. The van der Waals surface area contributed by atoms with Gasteiger partial charge in [0.05, 0.1) is 0 Å². The maximum absolute atomic E-state index is 3.54. The number of thioether (sulfide) groups is 1. The lowest BCUT2D eigenvalue weighted by molar-refractivity contribution is 0.728. The molecule has 0 atom stereocenters. The van der Waals surface area contributed by atoms with Crippen LogP contribution in [0.1, 0.15) is 22.3 Å². The van der Waals surface area contributed by atoms with Crippen LogP contribution in [-0.4, -0.2) is 12.3 Å². The first-order chi connectivity index (χ1) is 9.66. The van der Waals surface area contributed by atoms with Crippen LogP contribution in [-0.2, 0) is 6.54 Å². The van der Waals surface area contributed by atoms with Gasteiger partial charge in [0.25, 0.3) is 0 Å². The minimum Gasteiger partial charge on any atom is -0.312 e. The molecule has 2 aromatic carbocycles. The lowest BCUT2D eigenvalue weighted by Crippen LogP contribution is -2.17. The quantitative estimate of drug-likeness (QED) is 0.620. The average Bonchev–Trinajstić information content (AvgIpc) is 2.45. The molecule has 0 aliphatic rings. The lowest BCUT2D eigenvalue weighted by Gasteiger charge is -2.11. The van der Waals surface area contributed by atoms with Crippen molar-refractivity contribution in [2.45, 2.75) is 32.2 Å². The second-order valence-corrected chi connectivity index (χ2v) is 6.37. The van der Waals surface area contributed by atoms with E-state index < -0.39 is 0 Å². The maximum atomic E-state index is 3.54. The molecule has 0 fully saturated rings. The molecule has 0 saturated heterocycles. The number of hydrogen-bond donors (Lipinski definition) is 1. The Balaban J connectivity index is 1.75. The smallest absolute Gasteiger partial charge is 0.0208 e. The largest absolute Gasteiger partial charge is 0.312 e. The topological polar surface area (TPSA) is 12.0 Å². The standard InChI is InChI=1S/C18H23NS/c1-14-11-16(3)17(12-15(14)2)13-19-9-10-20-18-7-5-4-6-8-18/h4-8,11-12,19H,9-10,13H2,1-3H3. The normalized spacial score (nSPS) is 10.8. The Labute approximate surface area is 126 Å². The molecular formula is C18H23NS. The molecule has 1 N–H and O–H groups in total. The minimum atomic E-state index is 0.961. The molecule has 20 heavy (non-hydrogen) atoms. The number of nitrogens with one attached hydrogen (secondary N) is 1. The first kappa shape index (κ1) is 15.1. The van der Waals surface area contributed by atoms with Crippen LogP contribution in [0.15, 0.2) is 47.4 Å². The third-order valence-electron chi connectivity index (χ3n) is 3.56. The highest BCUT2D eigenvalue weighted by Crippen LogP contribution is 2.17. The summed E-state index contributed by atoms with van der Waals surface area (Å²) >= 11 is 1.90. The number of hydrogen-bond acceptors (Lipinski definition) is 2. The molecule has 0 spiro atoms. The van der Waals surface area contributed by atoms with E-state index in [1.54, 1.807) is 0 Å². The van der Waals surface area contributed by atoms with Crippen molar-refractivity contribution in [1.82, 2.24) is 5.32 Å². The second kappa shape index (κ2) is 7.51. The van der Waals surface area contributed by atoms with E-state index in [1.165, 1.54) is 27.1 Å². The predicted octanol–water partition coefficient (Wildman–Crippen LogP) is 4.49. The monoisotopic (exact) mass is 285 g/mol.